The van der Waals surface area contributed by atoms with Gasteiger partial charge in [-0.3, -0.25) is 0 Å². The van der Waals surface area contributed by atoms with Gasteiger partial charge in [-0.2, -0.15) is 0 Å². The monoisotopic (exact) mass is 264 g/mol. The van der Waals surface area contributed by atoms with Crippen LogP contribution in [0.2, 0.25) is 0 Å². The van der Waals surface area contributed by atoms with Crippen molar-refractivity contribution in [1.29, 1.82) is 0 Å². The van der Waals surface area contributed by atoms with E-state index in [1.54, 1.807) is 6.07 Å². The summed E-state index contributed by atoms with van der Waals surface area (Å²) in [6, 6.07) is 13.3. The van der Waals surface area contributed by atoms with Crippen molar-refractivity contribution in [2.24, 2.45) is 0 Å². The Kier molecular flexibility index (Phi) is 2.98. The van der Waals surface area contributed by atoms with Crippen molar-refractivity contribution >= 4 is 34.7 Å². The summed E-state index contributed by atoms with van der Waals surface area (Å²) >= 11 is 0. The number of benzene rings is 2. The number of phenols is 1. The second kappa shape index (κ2) is 3.80. The first-order valence-corrected chi connectivity index (χ1v) is 3.54. The molecular formula is C10H8OSn. The molecule has 2 heteroatoms. The predicted molar refractivity (Wildman–Crippen MR) is 51.4 cm³/mol. The Hall–Kier alpha value is -0.701. The zero-order valence-electron chi connectivity index (χ0n) is 6.49. The summed E-state index contributed by atoms with van der Waals surface area (Å²) in [5, 5.41) is 11.4. The summed E-state index contributed by atoms with van der Waals surface area (Å²) in [4.78, 5) is 0. The number of hydrogen-bond donors (Lipinski definition) is 1. The van der Waals surface area contributed by atoms with Crippen molar-refractivity contribution in [3.63, 3.8) is 0 Å². The van der Waals surface area contributed by atoms with Crippen LogP contribution in [0.15, 0.2) is 42.5 Å². The van der Waals surface area contributed by atoms with Gasteiger partial charge in [-0.05, 0) is 11.5 Å². The number of aromatic hydroxyl groups is 1. The molecule has 0 saturated heterocycles. The molecule has 1 nitrogen and oxygen atoms in total. The molecule has 0 aliphatic carbocycles. The van der Waals surface area contributed by atoms with E-state index >= 15 is 0 Å². The molecule has 0 aliphatic heterocycles. The number of hydrogen-bond acceptors (Lipinski definition) is 1. The fraction of sp³-hybridized carbons (Fsp3) is 0. The zero-order valence-corrected chi connectivity index (χ0v) is 9.34. The van der Waals surface area contributed by atoms with E-state index in [4.69, 9.17) is 0 Å². The fourth-order valence-electron chi connectivity index (χ4n) is 1.21. The third-order valence-corrected chi connectivity index (χ3v) is 1.77. The molecule has 12 heavy (non-hydrogen) atoms. The summed E-state index contributed by atoms with van der Waals surface area (Å²) in [6.45, 7) is 0. The van der Waals surface area contributed by atoms with Crippen molar-refractivity contribution in [3.8, 4) is 5.75 Å². The molecule has 2 aromatic carbocycles. The molecule has 0 unspecified atom stereocenters. The van der Waals surface area contributed by atoms with E-state index in [0.29, 0.717) is 5.75 Å². The van der Waals surface area contributed by atoms with Gasteiger partial charge in [0.25, 0.3) is 0 Å². The molecule has 0 atom stereocenters. The molecule has 0 heterocycles. The van der Waals surface area contributed by atoms with E-state index in [2.05, 4.69) is 0 Å². The predicted octanol–water partition coefficient (Wildman–Crippen LogP) is 2.16. The summed E-state index contributed by atoms with van der Waals surface area (Å²) in [6.07, 6.45) is 0. The Morgan fingerprint density at radius 1 is 0.833 bits per heavy atom. The normalized spacial score (nSPS) is 9.33. The first kappa shape index (κ1) is 9.39. The Bertz CT molecular complexity index is 379. The van der Waals surface area contributed by atoms with Crippen LogP contribution in [-0.4, -0.2) is 29.0 Å². The third-order valence-electron chi connectivity index (χ3n) is 1.77. The molecule has 0 aliphatic rings. The quantitative estimate of drug-likeness (QED) is 0.722. The van der Waals surface area contributed by atoms with Crippen molar-refractivity contribution < 1.29 is 5.11 Å². The van der Waals surface area contributed by atoms with Crippen molar-refractivity contribution in [2.45, 2.75) is 0 Å². The van der Waals surface area contributed by atoms with Gasteiger partial charge in [0.1, 0.15) is 5.75 Å². The van der Waals surface area contributed by atoms with Gasteiger partial charge >= 0.3 is 0 Å². The zero-order chi connectivity index (χ0) is 7.68. The van der Waals surface area contributed by atoms with Crippen LogP contribution in [0.25, 0.3) is 10.8 Å². The maximum Gasteiger partial charge on any atom is 0.123 e. The van der Waals surface area contributed by atoms with Crippen molar-refractivity contribution in [3.05, 3.63) is 42.5 Å². The molecule has 1 N–H and O–H groups in total. The standard InChI is InChI=1S/C10H8O.Sn/c11-10-7-3-5-8-4-1-2-6-9(8)10;/h1-7,11H;. The molecule has 2 aromatic rings. The molecule has 0 bridgehead atoms. The van der Waals surface area contributed by atoms with E-state index in [1.807, 2.05) is 36.4 Å². The van der Waals surface area contributed by atoms with Crippen molar-refractivity contribution in [2.75, 3.05) is 0 Å². The minimum atomic E-state index is 0. The molecule has 0 spiro atoms. The molecule has 58 valence electrons. The van der Waals surface area contributed by atoms with Crippen LogP contribution in [-0.2, 0) is 0 Å². The molecule has 2 rings (SSSR count). The summed E-state index contributed by atoms with van der Waals surface area (Å²) < 4.78 is 0. The molecule has 0 amide bonds. The topological polar surface area (TPSA) is 20.2 Å². The molecule has 0 fully saturated rings. The Balaban J connectivity index is 0.000000720. The van der Waals surface area contributed by atoms with Gasteiger partial charge in [0.2, 0.25) is 0 Å². The minimum absolute atomic E-state index is 0. The number of rotatable bonds is 0. The number of phenolic OH excluding ortho intramolecular Hbond substituents is 1. The average Bonchev–Trinajstić information content (AvgIpc) is 2.06. The van der Waals surface area contributed by atoms with Gasteiger partial charge in [-0.25, -0.2) is 0 Å². The van der Waals surface area contributed by atoms with Gasteiger partial charge in [-0.1, -0.05) is 36.4 Å². The maximum atomic E-state index is 9.37. The smallest absolute Gasteiger partial charge is 0.123 e. The van der Waals surface area contributed by atoms with Crippen LogP contribution in [0.5, 0.6) is 5.75 Å². The van der Waals surface area contributed by atoms with E-state index in [1.165, 1.54) is 0 Å². The molecule has 4 radical (unpaired) electrons. The second-order valence-electron chi connectivity index (χ2n) is 2.50. The number of fused-ring (bicyclic) bond motifs is 1. The van der Waals surface area contributed by atoms with Crippen molar-refractivity contribution in [1.82, 2.24) is 0 Å². The minimum Gasteiger partial charge on any atom is -0.507 e. The maximum absolute atomic E-state index is 9.37. The van der Waals surface area contributed by atoms with E-state index in [9.17, 15) is 5.11 Å². The molecule has 0 aromatic heterocycles. The Morgan fingerprint density at radius 3 is 2.25 bits per heavy atom. The summed E-state index contributed by atoms with van der Waals surface area (Å²) in [7, 11) is 0. The van der Waals surface area contributed by atoms with Crippen LogP contribution in [0.1, 0.15) is 0 Å². The molecular weight excluding hydrogens is 255 g/mol. The fourth-order valence-corrected chi connectivity index (χ4v) is 1.21. The van der Waals surface area contributed by atoms with Crippen LogP contribution in [0, 0.1) is 0 Å². The summed E-state index contributed by atoms with van der Waals surface area (Å²) in [5.74, 6) is 0.350. The largest absolute Gasteiger partial charge is 0.507 e. The first-order valence-electron chi connectivity index (χ1n) is 3.54. The van der Waals surface area contributed by atoms with Gasteiger partial charge in [-0.15, -0.1) is 0 Å². The van der Waals surface area contributed by atoms with E-state index < -0.39 is 0 Å². The summed E-state index contributed by atoms with van der Waals surface area (Å²) in [5.41, 5.74) is 0. The Labute approximate surface area is 88.0 Å². The molecule has 0 saturated carbocycles. The van der Waals surface area contributed by atoms with E-state index in [-0.39, 0.29) is 23.9 Å². The Morgan fingerprint density at radius 2 is 1.50 bits per heavy atom. The second-order valence-corrected chi connectivity index (χ2v) is 2.50. The third kappa shape index (κ3) is 1.55. The van der Waals surface area contributed by atoms with Crippen LogP contribution in [0.4, 0.5) is 0 Å². The van der Waals surface area contributed by atoms with Crippen LogP contribution < -0.4 is 0 Å². The SMILES string of the molecule is Oc1cccc2ccccc12.[Sn]. The van der Waals surface area contributed by atoms with Crippen LogP contribution >= 0.6 is 0 Å². The first-order chi connectivity index (χ1) is 5.38. The van der Waals surface area contributed by atoms with E-state index in [0.717, 1.165) is 10.8 Å². The van der Waals surface area contributed by atoms with Gasteiger partial charge < -0.3 is 5.11 Å². The van der Waals surface area contributed by atoms with Gasteiger partial charge in [0, 0.05) is 29.3 Å². The van der Waals surface area contributed by atoms with Gasteiger partial charge in [0.05, 0.1) is 0 Å². The van der Waals surface area contributed by atoms with Crippen LogP contribution in [0.3, 0.4) is 0 Å². The average molecular weight is 263 g/mol. The van der Waals surface area contributed by atoms with Gasteiger partial charge in [0.15, 0.2) is 0 Å².